The summed E-state index contributed by atoms with van der Waals surface area (Å²) in [6, 6.07) is 3.02. The fourth-order valence-electron chi connectivity index (χ4n) is 2.08. The first kappa shape index (κ1) is 17.8. The summed E-state index contributed by atoms with van der Waals surface area (Å²) in [6.45, 7) is 1.67. The molecule has 0 aliphatic carbocycles. The van der Waals surface area contributed by atoms with Crippen molar-refractivity contribution in [1.29, 1.82) is 0 Å². The van der Waals surface area contributed by atoms with Gasteiger partial charge in [0.25, 0.3) is 0 Å². The van der Waals surface area contributed by atoms with E-state index >= 15 is 0 Å². The minimum atomic E-state index is -4.11. The summed E-state index contributed by atoms with van der Waals surface area (Å²) in [6.07, 6.45) is 0.827. The van der Waals surface area contributed by atoms with Crippen LogP contribution in [0.1, 0.15) is 6.42 Å². The van der Waals surface area contributed by atoms with Crippen molar-refractivity contribution in [3.05, 3.63) is 34.1 Å². The van der Waals surface area contributed by atoms with Crippen LogP contribution in [0.15, 0.2) is 23.1 Å². The maximum Gasteiger partial charge on any atom is 0.324 e. The molecule has 7 nitrogen and oxygen atoms in total. The second-order valence-electron chi connectivity index (χ2n) is 4.55. The summed E-state index contributed by atoms with van der Waals surface area (Å²) in [5.41, 5.74) is -1.02. The van der Waals surface area contributed by atoms with Crippen LogP contribution in [-0.4, -0.2) is 33.0 Å². The van der Waals surface area contributed by atoms with Crippen LogP contribution in [0.5, 0.6) is 0 Å². The molecule has 1 saturated heterocycles. The Morgan fingerprint density at radius 3 is 2.76 bits per heavy atom. The third-order valence-electron chi connectivity index (χ3n) is 3.15. The third-order valence-corrected chi connectivity index (χ3v) is 4.60. The van der Waals surface area contributed by atoms with Gasteiger partial charge in [-0.2, -0.15) is 4.39 Å². The van der Waals surface area contributed by atoms with Crippen LogP contribution in [0.3, 0.4) is 0 Å². The summed E-state index contributed by atoms with van der Waals surface area (Å²) >= 11 is 0. The van der Waals surface area contributed by atoms with E-state index in [1.165, 1.54) is 0 Å². The SMILES string of the molecule is Cl.O=[N+]([O-])c1c(F)cccc1S(=O)(=O)NCC1CCNC1. The number of halogens is 2. The summed E-state index contributed by atoms with van der Waals surface area (Å²) in [7, 11) is -4.11. The Morgan fingerprint density at radius 2 is 2.19 bits per heavy atom. The zero-order chi connectivity index (χ0) is 14.8. The third kappa shape index (κ3) is 4.10. The van der Waals surface area contributed by atoms with Gasteiger partial charge in [0, 0.05) is 6.54 Å². The van der Waals surface area contributed by atoms with Crippen molar-refractivity contribution in [2.24, 2.45) is 5.92 Å². The number of para-hydroxylation sites is 1. The Kier molecular flexibility index (Phi) is 6.02. The standard InChI is InChI=1S/C11H14FN3O4S.ClH/c12-9-2-1-3-10(11(9)15(16)17)20(18,19)14-7-8-4-5-13-6-8;/h1-3,8,13-14H,4-7H2;1H. The molecule has 21 heavy (non-hydrogen) atoms. The number of hydrogen-bond donors (Lipinski definition) is 2. The zero-order valence-corrected chi connectivity index (χ0v) is 12.5. The molecule has 2 N–H and O–H groups in total. The molecule has 118 valence electrons. The van der Waals surface area contributed by atoms with Gasteiger partial charge in [0.1, 0.15) is 0 Å². The fourth-order valence-corrected chi connectivity index (χ4v) is 3.38. The summed E-state index contributed by atoms with van der Waals surface area (Å²) in [4.78, 5) is 9.14. The van der Waals surface area contributed by atoms with Crippen LogP contribution in [0.25, 0.3) is 0 Å². The molecule has 1 aromatic carbocycles. The zero-order valence-electron chi connectivity index (χ0n) is 10.9. The predicted molar refractivity (Wildman–Crippen MR) is 76.5 cm³/mol. The first-order chi connectivity index (χ1) is 9.42. The minimum Gasteiger partial charge on any atom is -0.316 e. The monoisotopic (exact) mass is 339 g/mol. The van der Waals surface area contributed by atoms with Gasteiger partial charge >= 0.3 is 5.69 Å². The minimum absolute atomic E-state index is 0. The quantitative estimate of drug-likeness (QED) is 0.616. The summed E-state index contributed by atoms with van der Waals surface area (Å²) in [5.74, 6) is -1.03. The van der Waals surface area contributed by atoms with Gasteiger partial charge in [0.05, 0.1) is 4.92 Å². The lowest BCUT2D eigenvalue weighted by Crippen LogP contribution is -2.30. The summed E-state index contributed by atoms with van der Waals surface area (Å²) < 4.78 is 39.9. The Labute approximate surface area is 127 Å². The van der Waals surface area contributed by atoms with Crippen LogP contribution in [0, 0.1) is 21.8 Å². The molecule has 2 rings (SSSR count). The molecule has 1 unspecified atom stereocenters. The average molecular weight is 340 g/mol. The van der Waals surface area contributed by atoms with Gasteiger partial charge in [-0.15, -0.1) is 12.4 Å². The normalized spacial score (nSPS) is 18.2. The molecule has 1 atom stereocenters. The van der Waals surface area contributed by atoms with E-state index in [9.17, 15) is 22.9 Å². The molecule has 0 spiro atoms. The van der Waals surface area contributed by atoms with Crippen molar-refractivity contribution in [3.63, 3.8) is 0 Å². The van der Waals surface area contributed by atoms with E-state index in [1.807, 2.05) is 0 Å². The van der Waals surface area contributed by atoms with Crippen LogP contribution < -0.4 is 10.0 Å². The molecule has 0 saturated carbocycles. The van der Waals surface area contributed by atoms with Crippen LogP contribution in [-0.2, 0) is 10.0 Å². The topological polar surface area (TPSA) is 101 Å². The Balaban J connectivity index is 0.00000220. The molecule has 1 fully saturated rings. The van der Waals surface area contributed by atoms with Crippen molar-refractivity contribution in [1.82, 2.24) is 10.0 Å². The predicted octanol–water partition coefficient (Wildman–Crippen LogP) is 1.04. The van der Waals surface area contributed by atoms with E-state index in [1.54, 1.807) is 0 Å². The van der Waals surface area contributed by atoms with E-state index in [-0.39, 0.29) is 24.9 Å². The maximum atomic E-state index is 13.4. The number of sulfonamides is 1. The molecule has 0 bridgehead atoms. The lowest BCUT2D eigenvalue weighted by atomic mass is 10.1. The van der Waals surface area contributed by atoms with Gasteiger partial charge in [-0.3, -0.25) is 10.1 Å². The molecule has 1 aliphatic heterocycles. The van der Waals surface area contributed by atoms with E-state index in [2.05, 4.69) is 10.0 Å². The van der Waals surface area contributed by atoms with Crippen LogP contribution in [0.2, 0.25) is 0 Å². The molecule has 10 heteroatoms. The highest BCUT2D eigenvalue weighted by molar-refractivity contribution is 7.89. The first-order valence-corrected chi connectivity index (χ1v) is 7.53. The van der Waals surface area contributed by atoms with Crippen molar-refractivity contribution < 1.29 is 17.7 Å². The number of rotatable bonds is 5. The number of nitrogens with zero attached hydrogens (tertiary/aromatic N) is 1. The van der Waals surface area contributed by atoms with E-state index in [0.29, 0.717) is 6.54 Å². The van der Waals surface area contributed by atoms with Crippen molar-refractivity contribution in [2.45, 2.75) is 11.3 Å². The Morgan fingerprint density at radius 1 is 1.48 bits per heavy atom. The molecule has 0 amide bonds. The Bertz CT molecular complexity index is 620. The molecular formula is C11H15ClFN3O4S. The number of benzene rings is 1. The number of hydrogen-bond acceptors (Lipinski definition) is 5. The molecule has 1 aliphatic rings. The van der Waals surface area contributed by atoms with Crippen molar-refractivity contribution in [3.8, 4) is 0 Å². The molecule has 0 aromatic heterocycles. The number of nitro groups is 1. The molecule has 1 aromatic rings. The van der Waals surface area contributed by atoms with Crippen molar-refractivity contribution in [2.75, 3.05) is 19.6 Å². The fraction of sp³-hybridized carbons (Fsp3) is 0.455. The Hall–Kier alpha value is -1.29. The van der Waals surface area contributed by atoms with E-state index < -0.39 is 31.3 Å². The average Bonchev–Trinajstić information content (AvgIpc) is 2.89. The van der Waals surface area contributed by atoms with E-state index in [4.69, 9.17) is 0 Å². The van der Waals surface area contributed by atoms with Gasteiger partial charge in [-0.1, -0.05) is 6.07 Å². The molecule has 1 heterocycles. The number of nitro benzene ring substituents is 1. The van der Waals surface area contributed by atoms with E-state index in [0.717, 1.165) is 31.2 Å². The molecule has 0 radical (unpaired) electrons. The smallest absolute Gasteiger partial charge is 0.316 e. The summed E-state index contributed by atoms with van der Waals surface area (Å²) in [5, 5.41) is 13.9. The lowest BCUT2D eigenvalue weighted by molar-refractivity contribution is -0.390. The maximum absolute atomic E-state index is 13.4. The van der Waals surface area contributed by atoms with Crippen molar-refractivity contribution >= 4 is 28.1 Å². The van der Waals surface area contributed by atoms with Gasteiger partial charge in [0.2, 0.25) is 15.8 Å². The highest BCUT2D eigenvalue weighted by Crippen LogP contribution is 2.26. The molecular weight excluding hydrogens is 325 g/mol. The van der Waals surface area contributed by atoms with Gasteiger partial charge in [-0.25, -0.2) is 13.1 Å². The second kappa shape index (κ2) is 7.12. The van der Waals surface area contributed by atoms with Gasteiger partial charge < -0.3 is 5.32 Å². The van der Waals surface area contributed by atoms with Gasteiger partial charge in [0.15, 0.2) is 4.90 Å². The largest absolute Gasteiger partial charge is 0.324 e. The number of nitrogens with one attached hydrogen (secondary N) is 2. The van der Waals surface area contributed by atoms with Gasteiger partial charge in [-0.05, 0) is 37.6 Å². The second-order valence-corrected chi connectivity index (χ2v) is 6.29. The first-order valence-electron chi connectivity index (χ1n) is 6.05. The highest BCUT2D eigenvalue weighted by Gasteiger charge is 2.30. The highest BCUT2D eigenvalue weighted by atomic mass is 35.5. The van der Waals surface area contributed by atoms with Crippen LogP contribution >= 0.6 is 12.4 Å². The lowest BCUT2D eigenvalue weighted by Gasteiger charge is -2.11. The van der Waals surface area contributed by atoms with Crippen LogP contribution in [0.4, 0.5) is 10.1 Å².